The lowest BCUT2D eigenvalue weighted by molar-refractivity contribution is 0.326. The second kappa shape index (κ2) is 3.04. The van der Waals surface area contributed by atoms with Crippen LogP contribution in [0.5, 0.6) is 0 Å². The van der Waals surface area contributed by atoms with E-state index in [1.807, 2.05) is 17.7 Å². The van der Waals surface area contributed by atoms with Crippen molar-refractivity contribution in [3.8, 4) is 0 Å². The first-order valence-corrected chi connectivity index (χ1v) is 5.78. The Labute approximate surface area is 82.5 Å². The molecular weight excluding hydrogens is 204 g/mol. The minimum atomic E-state index is -3.57. The van der Waals surface area contributed by atoms with E-state index in [0.29, 0.717) is 19.6 Å². The summed E-state index contributed by atoms with van der Waals surface area (Å²) in [6, 6.07) is 1.87. The van der Waals surface area contributed by atoms with Gasteiger partial charge in [-0.05, 0) is 13.0 Å². The molecule has 0 aliphatic carbocycles. The average Bonchev–Trinajstić information content (AvgIpc) is 2.41. The van der Waals surface area contributed by atoms with Gasteiger partial charge in [-0.15, -0.1) is 0 Å². The van der Waals surface area contributed by atoms with Crippen molar-refractivity contribution in [2.75, 3.05) is 6.54 Å². The van der Waals surface area contributed by atoms with Crippen molar-refractivity contribution < 1.29 is 8.42 Å². The minimum absolute atomic E-state index is 0.319. The molecule has 1 aromatic heterocycles. The summed E-state index contributed by atoms with van der Waals surface area (Å²) in [6.07, 6.45) is 0. The van der Waals surface area contributed by atoms with Crippen LogP contribution in [0.4, 0.5) is 0 Å². The van der Waals surface area contributed by atoms with Gasteiger partial charge >= 0.3 is 0 Å². The van der Waals surface area contributed by atoms with Crippen LogP contribution in [0.2, 0.25) is 0 Å². The van der Waals surface area contributed by atoms with Gasteiger partial charge < -0.3 is 0 Å². The number of nitrogens with two attached hydrogens (primary N) is 1. The standard InChI is InChI=1S/C7H12N4O2S/c1-6-4-7-5-10(14(8,12)13)2-3-11(7)9-6/h4H,2-3,5H2,1H3,(H2,8,12,13). The van der Waals surface area contributed by atoms with Gasteiger partial charge in [0.2, 0.25) is 0 Å². The van der Waals surface area contributed by atoms with Gasteiger partial charge in [-0.3, -0.25) is 4.68 Å². The van der Waals surface area contributed by atoms with E-state index >= 15 is 0 Å². The Morgan fingerprint density at radius 1 is 1.50 bits per heavy atom. The van der Waals surface area contributed by atoms with Gasteiger partial charge in [-0.2, -0.15) is 17.8 Å². The van der Waals surface area contributed by atoms with E-state index < -0.39 is 10.2 Å². The van der Waals surface area contributed by atoms with Crippen molar-refractivity contribution in [1.29, 1.82) is 0 Å². The summed E-state index contributed by atoms with van der Waals surface area (Å²) in [5.41, 5.74) is 1.79. The third kappa shape index (κ3) is 1.66. The molecule has 0 saturated heterocycles. The molecule has 1 aliphatic rings. The van der Waals surface area contributed by atoms with Crippen LogP contribution in [-0.2, 0) is 23.3 Å². The Morgan fingerprint density at radius 2 is 2.21 bits per heavy atom. The van der Waals surface area contributed by atoms with E-state index in [-0.39, 0.29) is 0 Å². The molecule has 6 nitrogen and oxygen atoms in total. The highest BCUT2D eigenvalue weighted by Crippen LogP contribution is 2.14. The van der Waals surface area contributed by atoms with Crippen LogP contribution in [-0.4, -0.2) is 29.0 Å². The van der Waals surface area contributed by atoms with Gasteiger partial charge in [0.1, 0.15) is 0 Å². The maximum absolute atomic E-state index is 11.1. The monoisotopic (exact) mass is 216 g/mol. The zero-order valence-corrected chi connectivity index (χ0v) is 8.66. The largest absolute Gasteiger partial charge is 0.277 e. The van der Waals surface area contributed by atoms with Crippen molar-refractivity contribution >= 4 is 10.2 Å². The summed E-state index contributed by atoms with van der Waals surface area (Å²) in [6.45, 7) is 3.17. The quantitative estimate of drug-likeness (QED) is 0.668. The van der Waals surface area contributed by atoms with Gasteiger partial charge in [0.25, 0.3) is 10.2 Å². The molecule has 1 aromatic rings. The summed E-state index contributed by atoms with van der Waals surface area (Å²) < 4.78 is 25.2. The first kappa shape index (κ1) is 9.63. The molecule has 0 atom stereocenters. The van der Waals surface area contributed by atoms with Crippen LogP contribution in [0.3, 0.4) is 0 Å². The SMILES string of the molecule is Cc1cc2n(n1)CCN(S(N)(=O)=O)C2. The summed E-state index contributed by atoms with van der Waals surface area (Å²) in [5, 5.41) is 9.26. The molecule has 0 spiro atoms. The van der Waals surface area contributed by atoms with Gasteiger partial charge in [-0.1, -0.05) is 0 Å². The molecule has 2 heterocycles. The molecular formula is C7H12N4O2S. The Bertz CT molecular complexity index is 450. The predicted octanol–water partition coefficient (Wildman–Crippen LogP) is -0.789. The Balaban J connectivity index is 2.30. The fraction of sp³-hybridized carbons (Fsp3) is 0.571. The maximum Gasteiger partial charge on any atom is 0.277 e. The Kier molecular flexibility index (Phi) is 2.09. The molecule has 2 rings (SSSR count). The molecule has 0 saturated carbocycles. The van der Waals surface area contributed by atoms with Crippen LogP contribution in [0.25, 0.3) is 0 Å². The molecule has 2 N–H and O–H groups in total. The highest BCUT2D eigenvalue weighted by molar-refractivity contribution is 7.86. The zero-order valence-electron chi connectivity index (χ0n) is 7.84. The topological polar surface area (TPSA) is 81.2 Å². The Hall–Kier alpha value is -0.920. The van der Waals surface area contributed by atoms with E-state index in [0.717, 1.165) is 11.4 Å². The first-order valence-electron chi connectivity index (χ1n) is 4.28. The van der Waals surface area contributed by atoms with Crippen molar-refractivity contribution in [3.63, 3.8) is 0 Å². The number of hydrogen-bond donors (Lipinski definition) is 1. The summed E-state index contributed by atoms with van der Waals surface area (Å²) >= 11 is 0. The van der Waals surface area contributed by atoms with Crippen molar-refractivity contribution in [3.05, 3.63) is 17.5 Å². The van der Waals surface area contributed by atoms with E-state index in [9.17, 15) is 8.42 Å². The number of rotatable bonds is 1. The molecule has 1 aliphatic heterocycles. The normalized spacial score (nSPS) is 18.1. The molecule has 7 heteroatoms. The second-order valence-corrected chi connectivity index (χ2v) is 4.93. The number of nitrogens with zero attached hydrogens (tertiary/aromatic N) is 3. The van der Waals surface area contributed by atoms with Crippen LogP contribution in [0.15, 0.2) is 6.07 Å². The molecule has 0 amide bonds. The third-order valence-corrected chi connectivity index (χ3v) is 3.28. The van der Waals surface area contributed by atoms with Gasteiger partial charge in [-0.25, -0.2) is 5.14 Å². The third-order valence-electron chi connectivity index (χ3n) is 2.24. The van der Waals surface area contributed by atoms with Gasteiger partial charge in [0, 0.05) is 6.54 Å². The van der Waals surface area contributed by atoms with Gasteiger partial charge in [0.15, 0.2) is 0 Å². The molecule has 0 fully saturated rings. The van der Waals surface area contributed by atoms with E-state index in [1.54, 1.807) is 0 Å². The minimum Gasteiger partial charge on any atom is -0.267 e. The Morgan fingerprint density at radius 3 is 2.86 bits per heavy atom. The molecule has 0 radical (unpaired) electrons. The number of fused-ring (bicyclic) bond motifs is 1. The number of aromatic nitrogens is 2. The van der Waals surface area contributed by atoms with E-state index in [2.05, 4.69) is 5.10 Å². The van der Waals surface area contributed by atoms with E-state index in [1.165, 1.54) is 4.31 Å². The molecule has 78 valence electrons. The van der Waals surface area contributed by atoms with Crippen molar-refractivity contribution in [2.45, 2.75) is 20.0 Å². The molecule has 0 unspecified atom stereocenters. The lowest BCUT2D eigenvalue weighted by atomic mass is 10.3. The highest BCUT2D eigenvalue weighted by Gasteiger charge is 2.24. The maximum atomic E-state index is 11.1. The highest BCUT2D eigenvalue weighted by atomic mass is 32.2. The predicted molar refractivity (Wildman–Crippen MR) is 50.5 cm³/mol. The average molecular weight is 216 g/mol. The van der Waals surface area contributed by atoms with Crippen LogP contribution >= 0.6 is 0 Å². The van der Waals surface area contributed by atoms with E-state index in [4.69, 9.17) is 5.14 Å². The van der Waals surface area contributed by atoms with Crippen LogP contribution in [0, 0.1) is 6.92 Å². The molecule has 0 bridgehead atoms. The summed E-state index contributed by atoms with van der Waals surface area (Å²) in [7, 11) is -3.57. The fourth-order valence-electron chi connectivity index (χ4n) is 1.60. The van der Waals surface area contributed by atoms with Crippen molar-refractivity contribution in [1.82, 2.24) is 14.1 Å². The second-order valence-electron chi connectivity index (χ2n) is 3.38. The van der Waals surface area contributed by atoms with Crippen molar-refractivity contribution in [2.24, 2.45) is 5.14 Å². The van der Waals surface area contributed by atoms with Crippen LogP contribution < -0.4 is 5.14 Å². The lowest BCUT2D eigenvalue weighted by Gasteiger charge is -2.24. The molecule has 0 aromatic carbocycles. The fourth-order valence-corrected chi connectivity index (χ4v) is 2.25. The van der Waals surface area contributed by atoms with Crippen LogP contribution in [0.1, 0.15) is 11.4 Å². The number of aryl methyl sites for hydroxylation is 1. The zero-order chi connectivity index (χ0) is 10.3. The smallest absolute Gasteiger partial charge is 0.267 e. The lowest BCUT2D eigenvalue weighted by Crippen LogP contribution is -2.41. The summed E-state index contributed by atoms with van der Waals surface area (Å²) in [5.74, 6) is 0. The first-order chi connectivity index (χ1) is 6.47. The van der Waals surface area contributed by atoms with Gasteiger partial charge in [0.05, 0.1) is 24.5 Å². The summed E-state index contributed by atoms with van der Waals surface area (Å²) in [4.78, 5) is 0. The molecule has 14 heavy (non-hydrogen) atoms. The number of hydrogen-bond acceptors (Lipinski definition) is 3.